The van der Waals surface area contributed by atoms with Gasteiger partial charge in [0.15, 0.2) is 0 Å². The fraction of sp³-hybridized carbons (Fsp3) is 0.379. The molecule has 6 nitrogen and oxygen atoms in total. The van der Waals surface area contributed by atoms with Gasteiger partial charge in [-0.25, -0.2) is 0 Å². The summed E-state index contributed by atoms with van der Waals surface area (Å²) in [5, 5.41) is 12.7. The topological polar surface area (TPSA) is 65.7 Å². The van der Waals surface area contributed by atoms with Crippen LogP contribution >= 0.6 is 0 Å². The molecule has 0 amide bonds. The average Bonchev–Trinajstić information content (AvgIpc) is 3.38. The van der Waals surface area contributed by atoms with Crippen molar-refractivity contribution < 1.29 is 4.74 Å². The van der Waals surface area contributed by atoms with Crippen LogP contribution in [0.5, 0.6) is 0 Å². The SMILES string of the molecule is CCOC(Cc1ccccn1)c1ccc(C(C)(c2ccc(-c3nnn(CC)n3)cc2)C(C)C)cc1. The second-order valence-corrected chi connectivity index (χ2v) is 9.33. The molecule has 2 aromatic heterocycles. The number of hydrogen-bond donors (Lipinski definition) is 0. The first-order chi connectivity index (χ1) is 17.0. The van der Waals surface area contributed by atoms with Crippen LogP contribution in [0, 0.1) is 5.92 Å². The number of ether oxygens (including phenoxy) is 1. The molecule has 4 aromatic rings. The lowest BCUT2D eigenvalue weighted by molar-refractivity contribution is 0.0621. The quantitative estimate of drug-likeness (QED) is 0.283. The van der Waals surface area contributed by atoms with Crippen LogP contribution in [0.1, 0.15) is 63.1 Å². The molecule has 0 N–H and O–H groups in total. The molecule has 0 aliphatic carbocycles. The van der Waals surface area contributed by atoms with Crippen molar-refractivity contribution in [2.45, 2.75) is 59.1 Å². The van der Waals surface area contributed by atoms with E-state index in [1.807, 2.05) is 32.2 Å². The number of aromatic nitrogens is 5. The summed E-state index contributed by atoms with van der Waals surface area (Å²) in [4.78, 5) is 6.09. The molecule has 35 heavy (non-hydrogen) atoms. The summed E-state index contributed by atoms with van der Waals surface area (Å²) in [7, 11) is 0. The minimum Gasteiger partial charge on any atom is -0.373 e. The van der Waals surface area contributed by atoms with Gasteiger partial charge in [-0.3, -0.25) is 4.98 Å². The average molecular weight is 470 g/mol. The molecule has 182 valence electrons. The van der Waals surface area contributed by atoms with Crippen molar-refractivity contribution in [1.82, 2.24) is 25.2 Å². The number of hydrogen-bond acceptors (Lipinski definition) is 5. The van der Waals surface area contributed by atoms with E-state index in [0.29, 0.717) is 24.9 Å². The second-order valence-electron chi connectivity index (χ2n) is 9.33. The number of benzene rings is 2. The van der Waals surface area contributed by atoms with Crippen LogP contribution in [0.15, 0.2) is 72.9 Å². The van der Waals surface area contributed by atoms with Crippen LogP contribution in [0.4, 0.5) is 0 Å². The minimum atomic E-state index is -0.145. The molecule has 6 heteroatoms. The van der Waals surface area contributed by atoms with Crippen molar-refractivity contribution in [3.8, 4) is 11.4 Å². The Bertz CT molecular complexity index is 1200. The molecule has 2 aromatic carbocycles. The Labute approximate surface area is 208 Å². The Kier molecular flexibility index (Phi) is 7.71. The van der Waals surface area contributed by atoms with E-state index in [0.717, 1.165) is 17.7 Å². The number of aryl methyl sites for hydroxylation is 1. The first-order valence-electron chi connectivity index (χ1n) is 12.5. The smallest absolute Gasteiger partial charge is 0.204 e. The fourth-order valence-corrected chi connectivity index (χ4v) is 4.52. The van der Waals surface area contributed by atoms with Crippen molar-refractivity contribution in [2.75, 3.05) is 6.61 Å². The Morgan fingerprint density at radius 3 is 2.14 bits per heavy atom. The molecule has 0 aliphatic rings. The highest BCUT2D eigenvalue weighted by Gasteiger charge is 2.32. The third-order valence-electron chi connectivity index (χ3n) is 7.00. The van der Waals surface area contributed by atoms with Crippen LogP contribution in [-0.4, -0.2) is 31.8 Å². The predicted octanol–water partition coefficient (Wildman–Crippen LogP) is 6.04. The number of nitrogens with zero attached hydrogens (tertiary/aromatic N) is 5. The zero-order chi connectivity index (χ0) is 24.8. The normalized spacial score (nSPS) is 14.1. The molecule has 0 saturated carbocycles. The lowest BCUT2D eigenvalue weighted by Crippen LogP contribution is -2.30. The van der Waals surface area contributed by atoms with Gasteiger partial charge in [0.05, 0.1) is 12.6 Å². The van der Waals surface area contributed by atoms with E-state index in [2.05, 4.69) is 95.8 Å². The molecule has 0 radical (unpaired) electrons. The maximum atomic E-state index is 6.10. The Balaban J connectivity index is 1.60. The molecule has 0 fully saturated rings. The minimum absolute atomic E-state index is 0.0161. The van der Waals surface area contributed by atoms with Crippen molar-refractivity contribution in [1.29, 1.82) is 0 Å². The first-order valence-corrected chi connectivity index (χ1v) is 12.5. The van der Waals surface area contributed by atoms with E-state index in [9.17, 15) is 0 Å². The van der Waals surface area contributed by atoms with Crippen LogP contribution in [0.2, 0.25) is 0 Å². The van der Waals surface area contributed by atoms with Crippen LogP contribution in [0.25, 0.3) is 11.4 Å². The van der Waals surface area contributed by atoms with Crippen LogP contribution < -0.4 is 0 Å². The van der Waals surface area contributed by atoms with Crippen molar-refractivity contribution in [2.24, 2.45) is 5.92 Å². The summed E-state index contributed by atoms with van der Waals surface area (Å²) in [6.45, 7) is 12.3. The maximum absolute atomic E-state index is 6.10. The molecule has 2 heterocycles. The molecular formula is C29H35N5O. The summed E-state index contributed by atoms with van der Waals surface area (Å²) >= 11 is 0. The number of tetrazole rings is 1. The molecule has 4 rings (SSSR count). The van der Waals surface area contributed by atoms with Crippen molar-refractivity contribution in [3.05, 3.63) is 95.3 Å². The van der Waals surface area contributed by atoms with E-state index in [4.69, 9.17) is 4.74 Å². The van der Waals surface area contributed by atoms with E-state index in [1.54, 1.807) is 4.80 Å². The van der Waals surface area contributed by atoms with Gasteiger partial charge in [-0.1, -0.05) is 75.4 Å². The summed E-state index contributed by atoms with van der Waals surface area (Å²) in [5.74, 6) is 1.05. The second kappa shape index (κ2) is 10.9. The van der Waals surface area contributed by atoms with Gasteiger partial charge in [-0.05, 0) is 53.8 Å². The molecule has 0 aliphatic heterocycles. The highest BCUT2D eigenvalue weighted by atomic mass is 16.5. The van der Waals surface area contributed by atoms with Gasteiger partial charge >= 0.3 is 0 Å². The maximum Gasteiger partial charge on any atom is 0.204 e. The van der Waals surface area contributed by atoms with Crippen LogP contribution in [0.3, 0.4) is 0 Å². The third-order valence-corrected chi connectivity index (χ3v) is 7.00. The van der Waals surface area contributed by atoms with E-state index < -0.39 is 0 Å². The monoisotopic (exact) mass is 469 g/mol. The van der Waals surface area contributed by atoms with E-state index in [1.165, 1.54) is 16.7 Å². The van der Waals surface area contributed by atoms with Gasteiger partial charge in [-0.2, -0.15) is 4.80 Å². The molecule has 2 atom stereocenters. The largest absolute Gasteiger partial charge is 0.373 e. The van der Waals surface area contributed by atoms with E-state index in [-0.39, 0.29) is 11.5 Å². The predicted molar refractivity (Wildman–Crippen MR) is 139 cm³/mol. The highest BCUT2D eigenvalue weighted by Crippen LogP contribution is 2.40. The van der Waals surface area contributed by atoms with Gasteiger partial charge in [0, 0.05) is 35.9 Å². The molecule has 0 saturated heterocycles. The van der Waals surface area contributed by atoms with Gasteiger partial charge in [0.25, 0.3) is 0 Å². The zero-order valence-electron chi connectivity index (χ0n) is 21.3. The summed E-state index contributed by atoms with van der Waals surface area (Å²) < 4.78 is 6.10. The molecule has 0 spiro atoms. The van der Waals surface area contributed by atoms with Gasteiger partial charge in [0.2, 0.25) is 5.82 Å². The van der Waals surface area contributed by atoms with E-state index >= 15 is 0 Å². The van der Waals surface area contributed by atoms with Crippen molar-refractivity contribution >= 4 is 0 Å². The summed E-state index contributed by atoms with van der Waals surface area (Å²) in [5.41, 5.74) is 5.59. The number of pyridine rings is 1. The zero-order valence-corrected chi connectivity index (χ0v) is 21.3. The summed E-state index contributed by atoms with van der Waals surface area (Å²) in [6.07, 6.45) is 2.58. The standard InChI is InChI=1S/C29H35N5O/c1-6-34-32-28(31-33-34)23-13-17-25(18-14-23)29(5,21(3)4)24-15-11-22(12-16-24)27(35-7-2)20-26-10-8-9-19-30-26/h8-19,21,27H,6-7,20H2,1-5H3. The van der Waals surface area contributed by atoms with Crippen LogP contribution in [-0.2, 0) is 23.1 Å². The lowest BCUT2D eigenvalue weighted by Gasteiger charge is -2.35. The number of rotatable bonds is 10. The van der Waals surface area contributed by atoms with Gasteiger partial charge in [0.1, 0.15) is 0 Å². The first kappa shape index (κ1) is 24.7. The third kappa shape index (κ3) is 5.33. The highest BCUT2D eigenvalue weighted by molar-refractivity contribution is 5.56. The lowest BCUT2D eigenvalue weighted by atomic mass is 9.68. The van der Waals surface area contributed by atoms with Gasteiger partial charge in [-0.15, -0.1) is 10.2 Å². The Hall–Kier alpha value is -3.38. The Morgan fingerprint density at radius 2 is 1.60 bits per heavy atom. The Morgan fingerprint density at radius 1 is 0.914 bits per heavy atom. The van der Waals surface area contributed by atoms with Crippen molar-refractivity contribution in [3.63, 3.8) is 0 Å². The summed E-state index contributed by atoms with van der Waals surface area (Å²) in [6, 6.07) is 23.5. The molecule has 0 bridgehead atoms. The van der Waals surface area contributed by atoms with Gasteiger partial charge < -0.3 is 4.74 Å². The molecule has 2 unspecified atom stereocenters. The fourth-order valence-electron chi connectivity index (χ4n) is 4.52. The molecular weight excluding hydrogens is 434 g/mol.